The van der Waals surface area contributed by atoms with E-state index in [9.17, 15) is 9.59 Å². The van der Waals surface area contributed by atoms with Crippen molar-refractivity contribution in [3.63, 3.8) is 0 Å². The van der Waals surface area contributed by atoms with Gasteiger partial charge in [0.1, 0.15) is 5.82 Å². The summed E-state index contributed by atoms with van der Waals surface area (Å²) < 4.78 is 7.22. The molecule has 0 bridgehead atoms. The van der Waals surface area contributed by atoms with Crippen molar-refractivity contribution in [3.8, 4) is 0 Å². The van der Waals surface area contributed by atoms with E-state index in [4.69, 9.17) is 9.72 Å². The molecule has 1 aliphatic heterocycles. The Morgan fingerprint density at radius 1 is 1.19 bits per heavy atom. The van der Waals surface area contributed by atoms with Crippen molar-refractivity contribution in [3.05, 3.63) is 36.5 Å². The predicted octanol–water partition coefficient (Wildman–Crippen LogP) is 2.95. The molecule has 1 aliphatic rings. The number of thioether (sulfide) groups is 1. The first-order valence-electron chi connectivity index (χ1n) is 12.4. The zero-order valence-electron chi connectivity index (χ0n) is 20.8. The highest BCUT2D eigenvalue weighted by Crippen LogP contribution is 2.26. The summed E-state index contributed by atoms with van der Waals surface area (Å²) in [4.78, 5) is 36.3. The molecule has 11 heteroatoms. The standard InChI is InChI=1S/C25H33N7O3S/c1-3-14-36-25-29-22(26-11-13-35-4-2)20-16-28-32(23(20)30-25)12-10-27-24(34)18-15-21(33)31(17-18)19-8-6-5-7-9-19/h5-9,16,18H,3-4,10-15,17H2,1-2H3,(H,27,34)(H,26,29,30). The molecule has 1 aromatic carbocycles. The largest absolute Gasteiger partial charge is 0.380 e. The minimum atomic E-state index is -0.368. The second-order valence-corrected chi connectivity index (χ2v) is 9.53. The van der Waals surface area contributed by atoms with Crippen LogP contribution in [0.4, 0.5) is 11.5 Å². The Labute approximate surface area is 215 Å². The van der Waals surface area contributed by atoms with Crippen LogP contribution in [0.25, 0.3) is 11.0 Å². The number of fused-ring (bicyclic) bond motifs is 1. The van der Waals surface area contributed by atoms with Gasteiger partial charge in [-0.15, -0.1) is 0 Å². The molecule has 1 saturated heterocycles. The van der Waals surface area contributed by atoms with Crippen molar-refractivity contribution >= 4 is 46.1 Å². The molecule has 192 valence electrons. The van der Waals surface area contributed by atoms with Crippen molar-refractivity contribution in [1.82, 2.24) is 25.1 Å². The highest BCUT2D eigenvalue weighted by atomic mass is 32.2. The van der Waals surface area contributed by atoms with E-state index in [1.165, 1.54) is 0 Å². The molecule has 2 N–H and O–H groups in total. The Morgan fingerprint density at radius 2 is 2.03 bits per heavy atom. The molecule has 0 spiro atoms. The lowest BCUT2D eigenvalue weighted by Crippen LogP contribution is -2.35. The number of amides is 2. The lowest BCUT2D eigenvalue weighted by Gasteiger charge is -2.16. The van der Waals surface area contributed by atoms with E-state index < -0.39 is 0 Å². The van der Waals surface area contributed by atoms with Crippen LogP contribution in [0.1, 0.15) is 26.7 Å². The summed E-state index contributed by atoms with van der Waals surface area (Å²) in [5.74, 6) is 1.14. The lowest BCUT2D eigenvalue weighted by atomic mass is 10.1. The number of hydrogen-bond acceptors (Lipinski definition) is 8. The Hall–Kier alpha value is -3.18. The Balaban J connectivity index is 1.38. The van der Waals surface area contributed by atoms with Gasteiger partial charge >= 0.3 is 0 Å². The number of nitrogens with one attached hydrogen (secondary N) is 2. The van der Waals surface area contributed by atoms with Crippen molar-refractivity contribution in [1.29, 1.82) is 0 Å². The number of anilines is 2. The third-order valence-electron chi connectivity index (χ3n) is 5.84. The number of nitrogens with zero attached hydrogens (tertiary/aromatic N) is 5. The first kappa shape index (κ1) is 25.9. The minimum absolute atomic E-state index is 0.0300. The molecular formula is C25H33N7O3S. The van der Waals surface area contributed by atoms with E-state index >= 15 is 0 Å². The summed E-state index contributed by atoms with van der Waals surface area (Å²) in [6, 6.07) is 9.45. The molecule has 36 heavy (non-hydrogen) atoms. The second kappa shape index (κ2) is 12.7. The highest BCUT2D eigenvalue weighted by molar-refractivity contribution is 7.99. The van der Waals surface area contributed by atoms with E-state index in [-0.39, 0.29) is 24.2 Å². The van der Waals surface area contributed by atoms with E-state index in [1.807, 2.05) is 37.3 Å². The molecule has 2 amide bonds. The number of carbonyl (C=O) groups excluding carboxylic acids is 2. The van der Waals surface area contributed by atoms with E-state index in [0.29, 0.717) is 44.5 Å². The van der Waals surface area contributed by atoms with Crippen LogP contribution in [-0.2, 0) is 20.9 Å². The number of carbonyl (C=O) groups is 2. The van der Waals surface area contributed by atoms with Crippen LogP contribution < -0.4 is 15.5 Å². The van der Waals surface area contributed by atoms with Gasteiger partial charge in [0.05, 0.1) is 30.7 Å². The topological polar surface area (TPSA) is 114 Å². The summed E-state index contributed by atoms with van der Waals surface area (Å²) in [5.41, 5.74) is 1.55. The molecular weight excluding hydrogens is 478 g/mol. The molecule has 3 heterocycles. The van der Waals surface area contributed by atoms with Gasteiger partial charge in [0.15, 0.2) is 10.8 Å². The Morgan fingerprint density at radius 3 is 2.81 bits per heavy atom. The van der Waals surface area contributed by atoms with Crippen LogP contribution in [0.5, 0.6) is 0 Å². The van der Waals surface area contributed by atoms with Gasteiger partial charge in [-0.05, 0) is 25.5 Å². The normalized spacial score (nSPS) is 15.6. The highest BCUT2D eigenvalue weighted by Gasteiger charge is 2.34. The number of rotatable bonds is 13. The van der Waals surface area contributed by atoms with Gasteiger partial charge < -0.3 is 20.3 Å². The van der Waals surface area contributed by atoms with Gasteiger partial charge in [-0.2, -0.15) is 5.10 Å². The summed E-state index contributed by atoms with van der Waals surface area (Å²) in [6.45, 7) is 7.23. The van der Waals surface area contributed by atoms with Crippen LogP contribution in [0.2, 0.25) is 0 Å². The van der Waals surface area contributed by atoms with Crippen LogP contribution >= 0.6 is 11.8 Å². The maximum absolute atomic E-state index is 12.8. The number of hydrogen-bond donors (Lipinski definition) is 2. The van der Waals surface area contributed by atoms with Crippen molar-refractivity contribution in [2.45, 2.75) is 38.4 Å². The number of ether oxygens (including phenoxy) is 1. The molecule has 2 aromatic heterocycles. The number of benzene rings is 1. The molecule has 10 nitrogen and oxygen atoms in total. The third kappa shape index (κ3) is 6.33. The summed E-state index contributed by atoms with van der Waals surface area (Å²) in [6.07, 6.45) is 2.99. The minimum Gasteiger partial charge on any atom is -0.380 e. The lowest BCUT2D eigenvalue weighted by molar-refractivity contribution is -0.126. The third-order valence-corrected chi connectivity index (χ3v) is 6.89. The van der Waals surface area contributed by atoms with Gasteiger partial charge in [-0.1, -0.05) is 36.9 Å². The van der Waals surface area contributed by atoms with E-state index in [0.717, 1.165) is 34.7 Å². The van der Waals surface area contributed by atoms with Crippen molar-refractivity contribution in [2.24, 2.45) is 5.92 Å². The fourth-order valence-electron chi connectivity index (χ4n) is 4.05. The van der Waals surface area contributed by atoms with Gasteiger partial charge in [0, 0.05) is 44.1 Å². The monoisotopic (exact) mass is 511 g/mol. The van der Waals surface area contributed by atoms with Crippen LogP contribution in [0.3, 0.4) is 0 Å². The average Bonchev–Trinajstić information content (AvgIpc) is 3.49. The molecule has 4 rings (SSSR count). The van der Waals surface area contributed by atoms with Gasteiger partial charge in [0.2, 0.25) is 11.8 Å². The molecule has 1 unspecified atom stereocenters. The van der Waals surface area contributed by atoms with Crippen molar-refractivity contribution < 1.29 is 14.3 Å². The summed E-state index contributed by atoms with van der Waals surface area (Å²) in [5, 5.41) is 12.3. The van der Waals surface area contributed by atoms with Crippen LogP contribution in [0, 0.1) is 5.92 Å². The molecule has 1 atom stereocenters. The fourth-order valence-corrected chi connectivity index (χ4v) is 4.74. The number of para-hydroxylation sites is 1. The van der Waals surface area contributed by atoms with Gasteiger partial charge in [0.25, 0.3) is 0 Å². The van der Waals surface area contributed by atoms with Gasteiger partial charge in [-0.3, -0.25) is 9.59 Å². The zero-order chi connectivity index (χ0) is 25.3. The zero-order valence-corrected chi connectivity index (χ0v) is 21.6. The first-order valence-corrected chi connectivity index (χ1v) is 13.4. The maximum atomic E-state index is 12.8. The maximum Gasteiger partial charge on any atom is 0.227 e. The van der Waals surface area contributed by atoms with E-state index in [2.05, 4.69) is 27.6 Å². The van der Waals surface area contributed by atoms with E-state index in [1.54, 1.807) is 27.5 Å². The molecule has 3 aromatic rings. The van der Waals surface area contributed by atoms with Crippen LogP contribution in [0.15, 0.2) is 41.7 Å². The smallest absolute Gasteiger partial charge is 0.227 e. The second-order valence-electron chi connectivity index (χ2n) is 8.46. The average molecular weight is 512 g/mol. The fraction of sp³-hybridized carbons (Fsp3) is 0.480. The summed E-state index contributed by atoms with van der Waals surface area (Å²) >= 11 is 1.61. The van der Waals surface area contributed by atoms with Crippen molar-refractivity contribution in [2.75, 3.05) is 48.8 Å². The Bertz CT molecular complexity index is 1170. The van der Waals surface area contributed by atoms with Gasteiger partial charge in [-0.25, -0.2) is 14.6 Å². The SMILES string of the molecule is CCCSc1nc(NCCOCC)c2cnn(CCNC(=O)C3CC(=O)N(c4ccccc4)C3)c2n1. The molecule has 0 aliphatic carbocycles. The Kier molecular flexibility index (Phi) is 9.12. The molecule has 1 fully saturated rings. The first-order chi connectivity index (χ1) is 17.6. The number of aromatic nitrogens is 4. The molecule has 0 saturated carbocycles. The van der Waals surface area contributed by atoms with Crippen LogP contribution in [-0.4, -0.2) is 70.2 Å². The molecule has 0 radical (unpaired) electrons. The quantitative estimate of drug-likeness (QED) is 0.205. The summed E-state index contributed by atoms with van der Waals surface area (Å²) in [7, 11) is 0. The predicted molar refractivity (Wildman–Crippen MR) is 141 cm³/mol.